The van der Waals surface area contributed by atoms with Gasteiger partial charge in [-0.05, 0) is 60.5 Å². The zero-order chi connectivity index (χ0) is 24.0. The number of piperazine rings is 1. The summed E-state index contributed by atoms with van der Waals surface area (Å²) in [5, 5.41) is 6.60. The molecule has 2 aromatic rings. The van der Waals surface area contributed by atoms with Crippen LogP contribution in [-0.2, 0) is 11.2 Å². The Bertz CT molecular complexity index is 1070. The maximum absolute atomic E-state index is 13.1. The van der Waals surface area contributed by atoms with Gasteiger partial charge in [0, 0.05) is 38.4 Å². The lowest BCUT2D eigenvalue weighted by Gasteiger charge is -2.60. The van der Waals surface area contributed by atoms with E-state index in [4.69, 9.17) is 0 Å². The Balaban J connectivity index is 1.27. The Morgan fingerprint density at radius 3 is 2.82 bits per heavy atom. The van der Waals surface area contributed by atoms with Crippen LogP contribution in [-0.4, -0.2) is 58.3 Å². The number of nitrogens with one attached hydrogen (secondary N) is 2. The molecule has 2 aromatic heterocycles. The molecule has 7 heteroatoms. The Kier molecular flexibility index (Phi) is 6.17. The van der Waals surface area contributed by atoms with Gasteiger partial charge in [0.05, 0.1) is 12.1 Å². The van der Waals surface area contributed by atoms with Gasteiger partial charge in [-0.1, -0.05) is 33.8 Å². The normalized spacial score (nSPS) is 28.1. The molecule has 0 radical (unpaired) electrons. The van der Waals surface area contributed by atoms with E-state index in [2.05, 4.69) is 43.3 Å². The largest absolute Gasteiger partial charge is 0.350 e. The average molecular weight is 466 g/mol. The predicted octanol–water partition coefficient (Wildman–Crippen LogP) is 3.14. The van der Waals surface area contributed by atoms with E-state index in [1.165, 1.54) is 19.3 Å². The molecule has 3 heterocycles. The lowest BCUT2D eigenvalue weighted by atomic mass is 9.45. The van der Waals surface area contributed by atoms with Crippen molar-refractivity contribution in [3.63, 3.8) is 0 Å². The van der Waals surface area contributed by atoms with Crippen LogP contribution in [0.2, 0.25) is 0 Å². The maximum atomic E-state index is 13.1. The highest BCUT2D eigenvalue weighted by Crippen LogP contribution is 2.61. The molecule has 4 aliphatic rings. The molecule has 0 unspecified atom stereocenters. The van der Waals surface area contributed by atoms with Crippen LogP contribution in [0.1, 0.15) is 63.1 Å². The number of aromatic nitrogens is 2. The van der Waals surface area contributed by atoms with Crippen LogP contribution in [0, 0.1) is 29.1 Å². The van der Waals surface area contributed by atoms with E-state index in [-0.39, 0.29) is 24.3 Å². The van der Waals surface area contributed by atoms with Crippen molar-refractivity contribution in [2.24, 2.45) is 29.1 Å². The number of carbonyl (C=O) groups excluding carboxylic acids is 2. The first-order valence-electron chi connectivity index (χ1n) is 13.0. The summed E-state index contributed by atoms with van der Waals surface area (Å²) in [4.78, 5) is 32.9. The van der Waals surface area contributed by atoms with E-state index in [1.807, 2.05) is 33.7 Å². The fourth-order valence-electron chi connectivity index (χ4n) is 6.74. The summed E-state index contributed by atoms with van der Waals surface area (Å²) in [5.41, 5.74) is 2.41. The van der Waals surface area contributed by atoms with Crippen LogP contribution in [0.15, 0.2) is 24.4 Å². The second-order valence-corrected chi connectivity index (χ2v) is 11.6. The van der Waals surface area contributed by atoms with Crippen molar-refractivity contribution in [2.75, 3.05) is 26.2 Å². The summed E-state index contributed by atoms with van der Waals surface area (Å²) in [7, 11) is 0. The number of fused-ring (bicyclic) bond motifs is 3. The van der Waals surface area contributed by atoms with Crippen molar-refractivity contribution in [2.45, 2.75) is 59.4 Å². The maximum Gasteiger partial charge on any atom is 0.268 e. The number of carbonyl (C=O) groups is 2. The summed E-state index contributed by atoms with van der Waals surface area (Å²) in [6.07, 6.45) is 5.92. The minimum absolute atomic E-state index is 0.0675. The topological polar surface area (TPSA) is 78.7 Å². The van der Waals surface area contributed by atoms with Crippen LogP contribution >= 0.6 is 0 Å². The fraction of sp³-hybridized carbons (Fsp3) is 0.667. The molecule has 7 nitrogen and oxygen atoms in total. The lowest BCUT2D eigenvalue weighted by molar-refractivity contribution is -0.134. The van der Waals surface area contributed by atoms with Crippen LogP contribution in [0.25, 0.3) is 5.65 Å². The highest BCUT2D eigenvalue weighted by molar-refractivity contribution is 5.93. The number of hydrogen-bond donors (Lipinski definition) is 2. The summed E-state index contributed by atoms with van der Waals surface area (Å²) in [5.74, 6) is 2.58. The van der Waals surface area contributed by atoms with Gasteiger partial charge in [0.1, 0.15) is 11.3 Å². The molecule has 1 aliphatic heterocycles. The van der Waals surface area contributed by atoms with Crippen LogP contribution < -0.4 is 10.6 Å². The van der Waals surface area contributed by atoms with Crippen molar-refractivity contribution in [3.8, 4) is 0 Å². The predicted molar refractivity (Wildman–Crippen MR) is 133 cm³/mol. The molecular formula is C27H39N5O2. The molecule has 2 N–H and O–H groups in total. The Labute approximate surface area is 202 Å². The van der Waals surface area contributed by atoms with E-state index >= 15 is 0 Å². The third kappa shape index (κ3) is 4.12. The van der Waals surface area contributed by atoms with Crippen LogP contribution in [0.5, 0.6) is 0 Å². The Morgan fingerprint density at radius 2 is 2.09 bits per heavy atom. The molecule has 2 bridgehead atoms. The van der Waals surface area contributed by atoms with Gasteiger partial charge in [-0.2, -0.15) is 0 Å². The second kappa shape index (κ2) is 8.99. The van der Waals surface area contributed by atoms with E-state index in [9.17, 15) is 9.59 Å². The molecule has 34 heavy (non-hydrogen) atoms. The number of amides is 2. The van der Waals surface area contributed by atoms with Crippen molar-refractivity contribution in [1.82, 2.24) is 24.9 Å². The Morgan fingerprint density at radius 1 is 1.26 bits per heavy atom. The molecule has 0 spiro atoms. The third-order valence-electron chi connectivity index (χ3n) is 9.01. The molecule has 4 atom stereocenters. The summed E-state index contributed by atoms with van der Waals surface area (Å²) in [6, 6.07) is 5.80. The van der Waals surface area contributed by atoms with Crippen molar-refractivity contribution < 1.29 is 9.59 Å². The molecular weight excluding hydrogens is 426 g/mol. The van der Waals surface area contributed by atoms with Gasteiger partial charge in [-0.3, -0.25) is 14.0 Å². The quantitative estimate of drug-likeness (QED) is 0.687. The standard InChI is InChI=1S/C27H39N5O2/c1-17(2)23-15-28-10-11-31(23)25(33)13-20-16-32-22(6-5-7-24(32)30-20)26(34)29-14-18-8-9-19-12-21(18)27(19,3)4/h5-7,16-19,21,23,28H,8-15H2,1-4H3,(H,29,34)/t18-,19+,21+,23+/m0/s1. The summed E-state index contributed by atoms with van der Waals surface area (Å²) in [6.45, 7) is 12.2. The fourth-order valence-corrected chi connectivity index (χ4v) is 6.74. The number of nitrogens with zero attached hydrogens (tertiary/aromatic N) is 3. The molecule has 4 fully saturated rings. The molecule has 3 aliphatic carbocycles. The van der Waals surface area contributed by atoms with E-state index in [0.29, 0.717) is 40.2 Å². The van der Waals surface area contributed by atoms with Crippen LogP contribution in [0.4, 0.5) is 0 Å². The van der Waals surface area contributed by atoms with Crippen molar-refractivity contribution >= 4 is 17.5 Å². The highest BCUT2D eigenvalue weighted by atomic mass is 16.2. The third-order valence-corrected chi connectivity index (χ3v) is 9.01. The van der Waals surface area contributed by atoms with E-state index in [0.717, 1.165) is 32.1 Å². The SMILES string of the molecule is CC(C)[C@H]1CNCCN1C(=O)Cc1cn2c(C(=O)NC[C@@H]3CC[C@@H]4C[C@H]3C4(C)C)cccc2n1. The molecule has 6 rings (SSSR count). The summed E-state index contributed by atoms with van der Waals surface area (Å²) >= 11 is 0. The monoisotopic (exact) mass is 465 g/mol. The first kappa shape index (κ1) is 23.3. The molecule has 0 aromatic carbocycles. The van der Waals surface area contributed by atoms with Crippen molar-refractivity contribution in [1.29, 1.82) is 0 Å². The van der Waals surface area contributed by atoms with Gasteiger partial charge in [0.15, 0.2) is 0 Å². The first-order chi connectivity index (χ1) is 16.3. The van der Waals surface area contributed by atoms with Gasteiger partial charge >= 0.3 is 0 Å². The van der Waals surface area contributed by atoms with Gasteiger partial charge in [-0.25, -0.2) is 4.98 Å². The van der Waals surface area contributed by atoms with E-state index in [1.54, 1.807) is 0 Å². The second-order valence-electron chi connectivity index (χ2n) is 11.6. The van der Waals surface area contributed by atoms with Gasteiger partial charge < -0.3 is 15.5 Å². The average Bonchev–Trinajstić information content (AvgIpc) is 3.24. The zero-order valence-corrected chi connectivity index (χ0v) is 21.0. The minimum Gasteiger partial charge on any atom is -0.350 e. The first-order valence-corrected chi connectivity index (χ1v) is 13.0. The zero-order valence-electron chi connectivity index (χ0n) is 21.0. The van der Waals surface area contributed by atoms with E-state index < -0.39 is 0 Å². The van der Waals surface area contributed by atoms with Crippen LogP contribution in [0.3, 0.4) is 0 Å². The number of hydrogen-bond acceptors (Lipinski definition) is 4. The number of imidazole rings is 1. The van der Waals surface area contributed by atoms with Gasteiger partial charge in [-0.15, -0.1) is 0 Å². The van der Waals surface area contributed by atoms with Gasteiger partial charge in [0.25, 0.3) is 5.91 Å². The smallest absolute Gasteiger partial charge is 0.268 e. The molecule has 184 valence electrons. The van der Waals surface area contributed by atoms with Gasteiger partial charge in [0.2, 0.25) is 5.91 Å². The molecule has 3 saturated carbocycles. The summed E-state index contributed by atoms with van der Waals surface area (Å²) < 4.78 is 1.83. The molecule has 1 saturated heterocycles. The lowest BCUT2D eigenvalue weighted by Crippen LogP contribution is -2.56. The Hall–Kier alpha value is -2.41. The van der Waals surface area contributed by atoms with Crippen molar-refractivity contribution in [3.05, 3.63) is 35.8 Å². The number of pyridine rings is 1. The highest BCUT2D eigenvalue weighted by Gasteiger charge is 2.53. The molecule has 2 amide bonds. The minimum atomic E-state index is -0.0675. The number of rotatable bonds is 6.